The smallest absolute Gasteiger partial charge is 0.119 e. The number of halogens is 1. The van der Waals surface area contributed by atoms with Crippen LogP contribution in [0.1, 0.15) is 11.1 Å². The van der Waals surface area contributed by atoms with E-state index in [0.29, 0.717) is 17.9 Å². The number of hydrogen-bond donors (Lipinski definition) is 3. The molecule has 2 rings (SSSR count). The van der Waals surface area contributed by atoms with Gasteiger partial charge in [0.25, 0.3) is 0 Å². The lowest BCUT2D eigenvalue weighted by Gasteiger charge is -2.05. The van der Waals surface area contributed by atoms with E-state index in [0.717, 1.165) is 5.56 Å². The number of nitrogen functional groups attached to an aromatic ring is 1. The lowest BCUT2D eigenvalue weighted by Crippen LogP contribution is -1.91. The molecule has 0 saturated carbocycles. The van der Waals surface area contributed by atoms with Crippen LogP contribution in [0.5, 0.6) is 5.75 Å². The van der Waals surface area contributed by atoms with Crippen molar-refractivity contribution in [3.63, 3.8) is 0 Å². The maximum Gasteiger partial charge on any atom is 0.119 e. The minimum Gasteiger partial charge on any atom is -0.508 e. The highest BCUT2D eigenvalue weighted by atomic mass is 35.5. The van der Waals surface area contributed by atoms with Crippen LogP contribution in [-0.4, -0.2) is 9.77 Å². The summed E-state index contributed by atoms with van der Waals surface area (Å²) < 4.78 is 6.47. The number of benzene rings is 2. The van der Waals surface area contributed by atoms with Crippen LogP contribution in [-0.2, 0) is 6.42 Å². The van der Waals surface area contributed by atoms with Crippen LogP contribution in [0.25, 0.3) is 0 Å². The van der Waals surface area contributed by atoms with Gasteiger partial charge in [0.1, 0.15) is 5.75 Å². The van der Waals surface area contributed by atoms with Gasteiger partial charge in [0.15, 0.2) is 0 Å². The van der Waals surface area contributed by atoms with Gasteiger partial charge in [-0.25, -0.2) is 0 Å². The Balaban J connectivity index is 0.000000686. The highest BCUT2D eigenvalue weighted by Gasteiger charge is 2.02. The summed E-state index contributed by atoms with van der Waals surface area (Å²) in [5, 5.41) is 9.64. The van der Waals surface area contributed by atoms with E-state index in [1.165, 1.54) is 5.56 Å². The van der Waals surface area contributed by atoms with Gasteiger partial charge in [-0.15, -0.1) is 0 Å². The van der Waals surface area contributed by atoms with Crippen molar-refractivity contribution >= 4 is 17.6 Å². The first kappa shape index (κ1) is 13.4. The molecule has 0 fully saturated rings. The molecule has 4 heteroatoms. The Kier molecular flexibility index (Phi) is 5.33. The van der Waals surface area contributed by atoms with Gasteiger partial charge in [-0.3, -0.25) is 4.66 Å². The van der Waals surface area contributed by atoms with Gasteiger partial charge in [-0.1, -0.05) is 30.3 Å². The number of nitrogens with two attached hydrogens (primary N) is 1. The Bertz CT molecular complexity index is 460. The molecule has 0 heterocycles. The van der Waals surface area contributed by atoms with Gasteiger partial charge in [0.05, 0.1) is 11.9 Å². The summed E-state index contributed by atoms with van der Waals surface area (Å²) in [5.74, 6) is 0.299. The maximum atomic E-state index is 9.64. The number of phenolic OH excluding ortho intramolecular Hbond substituents is 1. The number of rotatable bonds is 2. The Morgan fingerprint density at radius 2 is 1.65 bits per heavy atom. The standard InChI is InChI=1S/C13H13NO.ClHO/c14-12-6-7-13(15)11(9-12)8-10-4-2-1-3-5-10;1-2/h1-7,9,15H,8,14H2;2H. The molecule has 0 unspecified atom stereocenters. The van der Waals surface area contributed by atoms with Crippen molar-refractivity contribution in [3.8, 4) is 5.75 Å². The van der Waals surface area contributed by atoms with E-state index in [-0.39, 0.29) is 0 Å². The van der Waals surface area contributed by atoms with Crippen LogP contribution in [0, 0.1) is 0 Å². The monoisotopic (exact) mass is 251 g/mol. The van der Waals surface area contributed by atoms with E-state index in [1.807, 2.05) is 36.4 Å². The predicted octanol–water partition coefficient (Wildman–Crippen LogP) is 2.70. The fourth-order valence-corrected chi connectivity index (χ4v) is 1.56. The van der Waals surface area contributed by atoms with Crippen molar-refractivity contribution < 1.29 is 9.77 Å². The summed E-state index contributed by atoms with van der Waals surface area (Å²) in [6, 6.07) is 15.1. The molecule has 0 aliphatic heterocycles. The Hall–Kier alpha value is -1.71. The van der Waals surface area contributed by atoms with Crippen LogP contribution in [0.15, 0.2) is 48.5 Å². The minimum absolute atomic E-state index is 0.299. The molecule has 0 amide bonds. The fraction of sp³-hybridized carbons (Fsp3) is 0.0769. The van der Waals surface area contributed by atoms with Crippen molar-refractivity contribution in [2.24, 2.45) is 0 Å². The van der Waals surface area contributed by atoms with Gasteiger partial charge >= 0.3 is 0 Å². The Morgan fingerprint density at radius 3 is 2.29 bits per heavy atom. The fourth-order valence-electron chi connectivity index (χ4n) is 1.56. The zero-order chi connectivity index (χ0) is 12.7. The highest BCUT2D eigenvalue weighted by molar-refractivity contribution is 6.04. The summed E-state index contributed by atoms with van der Waals surface area (Å²) in [7, 11) is 0. The summed E-state index contributed by atoms with van der Waals surface area (Å²) in [5.41, 5.74) is 8.38. The first-order valence-electron chi connectivity index (χ1n) is 5.04. The number of anilines is 1. The van der Waals surface area contributed by atoms with Gasteiger partial charge in [0, 0.05) is 17.7 Å². The molecule has 0 atom stereocenters. The highest BCUT2D eigenvalue weighted by Crippen LogP contribution is 2.22. The van der Waals surface area contributed by atoms with Gasteiger partial charge in [-0.05, 0) is 23.8 Å². The normalized spacial score (nSPS) is 9.29. The van der Waals surface area contributed by atoms with Crippen molar-refractivity contribution in [1.82, 2.24) is 0 Å². The Morgan fingerprint density at radius 1 is 1.00 bits per heavy atom. The molecule has 2 aromatic rings. The topological polar surface area (TPSA) is 66.5 Å². The van der Waals surface area contributed by atoms with E-state index in [9.17, 15) is 5.11 Å². The van der Waals surface area contributed by atoms with E-state index >= 15 is 0 Å². The molecule has 0 saturated heterocycles. The number of phenols is 1. The van der Waals surface area contributed by atoms with Gasteiger partial charge in [-0.2, -0.15) is 0 Å². The molecule has 0 aromatic heterocycles. The van der Waals surface area contributed by atoms with Gasteiger partial charge in [0.2, 0.25) is 0 Å². The second-order valence-corrected chi connectivity index (χ2v) is 3.55. The molecule has 0 bridgehead atoms. The lowest BCUT2D eigenvalue weighted by atomic mass is 10.0. The predicted molar refractivity (Wildman–Crippen MR) is 69.8 cm³/mol. The van der Waals surface area contributed by atoms with Crippen molar-refractivity contribution in [1.29, 1.82) is 0 Å². The molecule has 0 spiro atoms. The van der Waals surface area contributed by atoms with Crippen LogP contribution >= 0.6 is 11.9 Å². The lowest BCUT2D eigenvalue weighted by molar-refractivity contribution is 0.469. The number of hydrogen-bond acceptors (Lipinski definition) is 3. The van der Waals surface area contributed by atoms with Crippen LogP contribution in [0.4, 0.5) is 5.69 Å². The summed E-state index contributed by atoms with van der Waals surface area (Å²) in [6.45, 7) is 0. The zero-order valence-corrected chi connectivity index (χ0v) is 9.93. The molecular formula is C13H14ClNO2. The average Bonchev–Trinajstić information content (AvgIpc) is 2.38. The zero-order valence-electron chi connectivity index (χ0n) is 9.18. The third-order valence-electron chi connectivity index (χ3n) is 2.34. The molecule has 3 nitrogen and oxygen atoms in total. The van der Waals surface area contributed by atoms with Crippen molar-refractivity contribution in [2.45, 2.75) is 6.42 Å². The molecule has 0 radical (unpaired) electrons. The van der Waals surface area contributed by atoms with E-state index in [4.69, 9.17) is 10.4 Å². The molecule has 0 aliphatic carbocycles. The first-order valence-corrected chi connectivity index (χ1v) is 5.38. The van der Waals surface area contributed by atoms with E-state index in [1.54, 1.807) is 12.1 Å². The van der Waals surface area contributed by atoms with Crippen LogP contribution in [0.2, 0.25) is 0 Å². The third kappa shape index (κ3) is 3.98. The Labute approximate surface area is 105 Å². The maximum absolute atomic E-state index is 9.64. The molecule has 90 valence electrons. The largest absolute Gasteiger partial charge is 0.508 e. The average molecular weight is 252 g/mol. The van der Waals surface area contributed by atoms with Crippen molar-refractivity contribution in [3.05, 3.63) is 59.7 Å². The quantitative estimate of drug-likeness (QED) is 0.568. The summed E-state index contributed by atoms with van der Waals surface area (Å²) >= 11 is 3.64. The van der Waals surface area contributed by atoms with E-state index < -0.39 is 0 Å². The second-order valence-electron chi connectivity index (χ2n) is 3.55. The summed E-state index contributed by atoms with van der Waals surface area (Å²) in [6.07, 6.45) is 0.706. The molecule has 4 N–H and O–H groups in total. The number of aromatic hydroxyl groups is 1. The van der Waals surface area contributed by atoms with Gasteiger partial charge < -0.3 is 10.8 Å². The molecule has 2 aromatic carbocycles. The van der Waals surface area contributed by atoms with E-state index in [2.05, 4.69) is 11.9 Å². The first-order chi connectivity index (χ1) is 8.25. The molecule has 17 heavy (non-hydrogen) atoms. The summed E-state index contributed by atoms with van der Waals surface area (Å²) in [4.78, 5) is 0. The minimum atomic E-state index is 0.299. The third-order valence-corrected chi connectivity index (χ3v) is 2.34. The molecule has 0 aliphatic rings. The second kappa shape index (κ2) is 6.78. The van der Waals surface area contributed by atoms with Crippen LogP contribution < -0.4 is 5.73 Å². The molecular weight excluding hydrogens is 238 g/mol. The SMILES string of the molecule is Nc1ccc(O)c(Cc2ccccc2)c1.OCl. The van der Waals surface area contributed by atoms with Crippen molar-refractivity contribution in [2.75, 3.05) is 5.73 Å². The van der Waals surface area contributed by atoms with Crippen LogP contribution in [0.3, 0.4) is 0 Å².